The Morgan fingerprint density at radius 2 is 1.96 bits per heavy atom. The number of fused-ring (bicyclic) bond motifs is 1. The molecule has 0 bridgehead atoms. The lowest BCUT2D eigenvalue weighted by Crippen LogP contribution is -2.18. The standard InChI is InChI=1S/C19H18FN5/c1-25(12-13-2-5-16(20)6-3-13)19-11-23-18-8-14(15(9-21)10-22)4-7-17(18)24-19/h2-11,21H,12,22H2,1H3/b15-10+,21-9?. The van der Waals surface area contributed by atoms with Gasteiger partial charge < -0.3 is 16.0 Å². The van der Waals surface area contributed by atoms with E-state index in [1.54, 1.807) is 18.3 Å². The molecule has 1 heterocycles. The highest BCUT2D eigenvalue weighted by atomic mass is 19.1. The molecule has 1 aromatic heterocycles. The minimum Gasteiger partial charge on any atom is -0.404 e. The molecule has 0 saturated heterocycles. The lowest BCUT2D eigenvalue weighted by atomic mass is 10.1. The molecule has 0 spiro atoms. The van der Waals surface area contributed by atoms with Crippen molar-refractivity contribution < 1.29 is 4.39 Å². The zero-order valence-electron chi connectivity index (χ0n) is 13.8. The van der Waals surface area contributed by atoms with Crippen molar-refractivity contribution in [2.24, 2.45) is 5.73 Å². The van der Waals surface area contributed by atoms with Crippen LogP contribution >= 0.6 is 0 Å². The van der Waals surface area contributed by atoms with Crippen molar-refractivity contribution in [2.75, 3.05) is 11.9 Å². The molecule has 0 radical (unpaired) electrons. The summed E-state index contributed by atoms with van der Waals surface area (Å²) in [4.78, 5) is 11.0. The van der Waals surface area contributed by atoms with Gasteiger partial charge in [-0.25, -0.2) is 9.37 Å². The second kappa shape index (κ2) is 7.09. The summed E-state index contributed by atoms with van der Waals surface area (Å²) in [6.45, 7) is 0.604. The lowest BCUT2D eigenvalue weighted by Gasteiger charge is -2.18. The maximum Gasteiger partial charge on any atom is 0.147 e. The first kappa shape index (κ1) is 16.6. The molecule has 3 N–H and O–H groups in total. The first-order chi connectivity index (χ1) is 12.1. The second-order valence-corrected chi connectivity index (χ2v) is 5.68. The molecule has 0 amide bonds. The number of aromatic nitrogens is 2. The Morgan fingerprint density at radius 1 is 1.20 bits per heavy atom. The van der Waals surface area contributed by atoms with E-state index in [-0.39, 0.29) is 5.82 Å². The van der Waals surface area contributed by atoms with Gasteiger partial charge in [0, 0.05) is 31.6 Å². The second-order valence-electron chi connectivity index (χ2n) is 5.68. The van der Waals surface area contributed by atoms with Gasteiger partial charge in [-0.3, -0.25) is 4.98 Å². The van der Waals surface area contributed by atoms with E-state index in [0.29, 0.717) is 12.1 Å². The molecular weight excluding hydrogens is 317 g/mol. The van der Waals surface area contributed by atoms with Crippen molar-refractivity contribution in [1.29, 1.82) is 5.41 Å². The maximum atomic E-state index is 13.0. The van der Waals surface area contributed by atoms with Gasteiger partial charge in [-0.2, -0.15) is 0 Å². The summed E-state index contributed by atoms with van der Waals surface area (Å²) in [5.74, 6) is 0.481. The first-order valence-electron chi connectivity index (χ1n) is 7.76. The van der Waals surface area contributed by atoms with E-state index in [0.717, 1.165) is 28.0 Å². The number of rotatable bonds is 5. The number of nitrogens with two attached hydrogens (primary N) is 1. The third kappa shape index (κ3) is 3.63. The molecule has 0 fully saturated rings. The molecule has 3 aromatic rings. The highest BCUT2D eigenvalue weighted by molar-refractivity contribution is 6.08. The SMILES string of the molecule is CN(Cc1ccc(F)cc1)c1cnc2cc(/C(C=N)=C/N)ccc2n1. The number of benzene rings is 2. The fourth-order valence-corrected chi connectivity index (χ4v) is 2.54. The van der Waals surface area contributed by atoms with Crippen LogP contribution in [0.5, 0.6) is 0 Å². The number of halogens is 1. The van der Waals surface area contributed by atoms with E-state index in [1.165, 1.54) is 24.5 Å². The van der Waals surface area contributed by atoms with Gasteiger partial charge in [0.2, 0.25) is 0 Å². The van der Waals surface area contributed by atoms with Crippen LogP contribution in [0.4, 0.5) is 10.2 Å². The van der Waals surface area contributed by atoms with Crippen LogP contribution in [0.2, 0.25) is 0 Å². The maximum absolute atomic E-state index is 13.0. The topological polar surface area (TPSA) is 78.9 Å². The third-order valence-corrected chi connectivity index (χ3v) is 3.92. The van der Waals surface area contributed by atoms with Crippen LogP contribution < -0.4 is 10.6 Å². The summed E-state index contributed by atoms with van der Waals surface area (Å²) in [5, 5.41) is 7.38. The van der Waals surface area contributed by atoms with Crippen molar-refractivity contribution in [1.82, 2.24) is 9.97 Å². The monoisotopic (exact) mass is 335 g/mol. The number of hydrogen-bond donors (Lipinski definition) is 2. The van der Waals surface area contributed by atoms with Gasteiger partial charge in [0.15, 0.2) is 0 Å². The van der Waals surface area contributed by atoms with E-state index in [1.807, 2.05) is 30.1 Å². The van der Waals surface area contributed by atoms with Crippen LogP contribution in [0.25, 0.3) is 16.6 Å². The molecule has 126 valence electrons. The molecule has 0 atom stereocenters. The van der Waals surface area contributed by atoms with Crippen LogP contribution in [-0.4, -0.2) is 23.2 Å². The lowest BCUT2D eigenvalue weighted by molar-refractivity contribution is 0.627. The summed E-state index contributed by atoms with van der Waals surface area (Å²) in [6.07, 6.45) is 4.30. The quantitative estimate of drug-likeness (QED) is 0.701. The fraction of sp³-hybridized carbons (Fsp3) is 0.105. The van der Waals surface area contributed by atoms with E-state index in [9.17, 15) is 4.39 Å². The van der Waals surface area contributed by atoms with Crippen LogP contribution in [0.1, 0.15) is 11.1 Å². The number of nitrogens with zero attached hydrogens (tertiary/aromatic N) is 3. The van der Waals surface area contributed by atoms with Gasteiger partial charge in [0.25, 0.3) is 0 Å². The smallest absolute Gasteiger partial charge is 0.147 e. The van der Waals surface area contributed by atoms with Crippen LogP contribution in [0.15, 0.2) is 54.9 Å². The molecule has 6 heteroatoms. The average molecular weight is 335 g/mol. The van der Waals surface area contributed by atoms with E-state index in [4.69, 9.17) is 11.1 Å². The Balaban J connectivity index is 1.86. The zero-order valence-corrected chi connectivity index (χ0v) is 13.8. The summed E-state index contributed by atoms with van der Waals surface area (Å²) >= 11 is 0. The summed E-state index contributed by atoms with van der Waals surface area (Å²) < 4.78 is 13.0. The Bertz CT molecular complexity index is 934. The van der Waals surface area contributed by atoms with Crippen molar-refractivity contribution in [2.45, 2.75) is 6.54 Å². The van der Waals surface area contributed by atoms with Crippen LogP contribution in [-0.2, 0) is 6.54 Å². The molecular formula is C19H18FN5. The summed E-state index contributed by atoms with van der Waals surface area (Å²) in [5.41, 5.74) is 9.46. The number of anilines is 1. The minimum atomic E-state index is -0.247. The number of hydrogen-bond acceptors (Lipinski definition) is 5. The van der Waals surface area contributed by atoms with Crippen molar-refractivity contribution >= 4 is 28.6 Å². The Hall–Kier alpha value is -3.28. The highest BCUT2D eigenvalue weighted by Gasteiger charge is 2.08. The number of nitrogens with one attached hydrogen (secondary N) is 1. The van der Waals surface area contributed by atoms with Gasteiger partial charge >= 0.3 is 0 Å². The molecule has 3 rings (SSSR count). The van der Waals surface area contributed by atoms with E-state index < -0.39 is 0 Å². The predicted molar refractivity (Wildman–Crippen MR) is 99.0 cm³/mol. The van der Waals surface area contributed by atoms with Crippen molar-refractivity contribution in [3.8, 4) is 0 Å². The molecule has 0 aliphatic heterocycles. The van der Waals surface area contributed by atoms with Gasteiger partial charge in [0.1, 0.15) is 11.6 Å². The molecule has 0 aliphatic carbocycles. The van der Waals surface area contributed by atoms with Crippen molar-refractivity contribution in [3.05, 3.63) is 71.8 Å². The normalized spacial score (nSPS) is 11.5. The molecule has 0 unspecified atom stereocenters. The molecule has 0 saturated carbocycles. The highest BCUT2D eigenvalue weighted by Crippen LogP contribution is 2.20. The van der Waals surface area contributed by atoms with Gasteiger partial charge in [0.05, 0.1) is 17.2 Å². The van der Waals surface area contributed by atoms with Gasteiger partial charge in [-0.05, 0) is 35.4 Å². The van der Waals surface area contributed by atoms with Gasteiger partial charge in [-0.15, -0.1) is 0 Å². The van der Waals surface area contributed by atoms with Crippen LogP contribution in [0, 0.1) is 11.2 Å². The first-order valence-corrected chi connectivity index (χ1v) is 7.76. The van der Waals surface area contributed by atoms with Gasteiger partial charge in [-0.1, -0.05) is 18.2 Å². The summed E-state index contributed by atoms with van der Waals surface area (Å²) in [6, 6.07) is 12.0. The van der Waals surface area contributed by atoms with E-state index in [2.05, 4.69) is 9.97 Å². The van der Waals surface area contributed by atoms with Crippen molar-refractivity contribution in [3.63, 3.8) is 0 Å². The summed E-state index contributed by atoms with van der Waals surface area (Å²) in [7, 11) is 1.91. The minimum absolute atomic E-state index is 0.247. The average Bonchev–Trinajstić information content (AvgIpc) is 2.64. The Labute approximate surface area is 145 Å². The van der Waals surface area contributed by atoms with Crippen LogP contribution in [0.3, 0.4) is 0 Å². The number of allylic oxidation sites excluding steroid dienone is 1. The Morgan fingerprint density at radius 3 is 2.64 bits per heavy atom. The zero-order chi connectivity index (χ0) is 17.8. The Kier molecular flexibility index (Phi) is 4.70. The molecule has 0 aliphatic rings. The molecule has 5 nitrogen and oxygen atoms in total. The molecule has 2 aromatic carbocycles. The van der Waals surface area contributed by atoms with E-state index >= 15 is 0 Å². The molecule has 25 heavy (non-hydrogen) atoms. The predicted octanol–water partition coefficient (Wildman–Crippen LogP) is 3.35. The largest absolute Gasteiger partial charge is 0.404 e. The third-order valence-electron chi connectivity index (χ3n) is 3.92. The fourth-order valence-electron chi connectivity index (χ4n) is 2.54.